The molecule has 1 unspecified atom stereocenters. The van der Waals surface area contributed by atoms with E-state index in [1.54, 1.807) is 11.9 Å². The summed E-state index contributed by atoms with van der Waals surface area (Å²) in [5.41, 5.74) is 0. The van der Waals surface area contributed by atoms with E-state index in [0.29, 0.717) is 6.04 Å². The second-order valence-corrected chi connectivity index (χ2v) is 4.96. The maximum atomic E-state index is 12.5. The topological polar surface area (TPSA) is 39.1 Å². The monoisotopic (exact) mass is 263 g/mol. The van der Waals surface area contributed by atoms with E-state index < -0.39 is 12.1 Å². The van der Waals surface area contributed by atoms with Crippen LogP contribution in [0.25, 0.3) is 0 Å². The fourth-order valence-corrected chi connectivity index (χ4v) is 2.46. The van der Waals surface area contributed by atoms with Crippen LogP contribution in [-0.4, -0.2) is 43.8 Å². The zero-order chi connectivity index (χ0) is 13.8. The van der Waals surface area contributed by atoms with Gasteiger partial charge in [-0.3, -0.25) is 0 Å². The second kappa shape index (κ2) is 6.39. The Labute approximate surface area is 106 Å². The Balaban J connectivity index is 2.46. The van der Waals surface area contributed by atoms with E-state index in [-0.39, 0.29) is 12.6 Å². The minimum atomic E-state index is -4.43. The van der Waals surface area contributed by atoms with Gasteiger partial charge in [-0.2, -0.15) is 18.4 Å². The van der Waals surface area contributed by atoms with Crippen molar-refractivity contribution in [3.8, 4) is 6.07 Å². The maximum Gasteiger partial charge on any atom is 0.405 e. The first kappa shape index (κ1) is 15.3. The number of nitrogens with one attached hydrogen (secondary N) is 1. The Kier molecular flexibility index (Phi) is 5.42. The number of nitriles is 1. The lowest BCUT2D eigenvalue weighted by atomic mass is 9.90. The zero-order valence-corrected chi connectivity index (χ0v) is 10.8. The van der Waals surface area contributed by atoms with Gasteiger partial charge >= 0.3 is 6.18 Å². The van der Waals surface area contributed by atoms with Crippen molar-refractivity contribution in [2.24, 2.45) is 5.92 Å². The minimum absolute atomic E-state index is 0.160. The zero-order valence-electron chi connectivity index (χ0n) is 10.8. The van der Waals surface area contributed by atoms with Crippen LogP contribution in [0.2, 0.25) is 0 Å². The highest BCUT2D eigenvalue weighted by Crippen LogP contribution is 2.28. The maximum absolute atomic E-state index is 12.5. The van der Waals surface area contributed by atoms with Gasteiger partial charge in [0.15, 0.2) is 5.92 Å². The molecule has 0 aliphatic heterocycles. The average Bonchev–Trinajstić information content (AvgIpc) is 2.34. The van der Waals surface area contributed by atoms with Gasteiger partial charge in [0.2, 0.25) is 0 Å². The summed E-state index contributed by atoms with van der Waals surface area (Å²) in [7, 11) is 3.59. The molecule has 0 aromatic heterocycles. The van der Waals surface area contributed by atoms with Crippen LogP contribution < -0.4 is 5.32 Å². The van der Waals surface area contributed by atoms with Crippen molar-refractivity contribution >= 4 is 0 Å². The van der Waals surface area contributed by atoms with Crippen LogP contribution in [0.4, 0.5) is 13.2 Å². The van der Waals surface area contributed by atoms with Gasteiger partial charge in [0.1, 0.15) is 0 Å². The second-order valence-electron chi connectivity index (χ2n) is 4.96. The number of alkyl halides is 3. The molecule has 1 aliphatic rings. The first-order valence-corrected chi connectivity index (χ1v) is 6.22. The average molecular weight is 263 g/mol. The molecule has 0 aromatic carbocycles. The fraction of sp³-hybridized carbons (Fsp3) is 0.917. The van der Waals surface area contributed by atoms with Crippen molar-refractivity contribution in [1.82, 2.24) is 10.2 Å². The van der Waals surface area contributed by atoms with Crippen LogP contribution in [0, 0.1) is 17.2 Å². The SMILES string of the molecule is CNC1CCC(N(C)CC(C#N)C(F)(F)F)CC1. The molecule has 1 aliphatic carbocycles. The van der Waals surface area contributed by atoms with E-state index in [2.05, 4.69) is 5.32 Å². The standard InChI is InChI=1S/C12H20F3N3/c1-17-10-3-5-11(6-4-10)18(2)8-9(7-16)12(13,14)15/h9-11,17H,3-6,8H2,1-2H3. The van der Waals surface area contributed by atoms with E-state index in [1.807, 2.05) is 7.05 Å². The molecule has 0 amide bonds. The Morgan fingerprint density at radius 2 is 1.89 bits per heavy atom. The van der Waals surface area contributed by atoms with E-state index in [4.69, 9.17) is 5.26 Å². The minimum Gasteiger partial charge on any atom is -0.317 e. The van der Waals surface area contributed by atoms with Gasteiger partial charge in [0, 0.05) is 18.6 Å². The molecular weight excluding hydrogens is 243 g/mol. The normalized spacial score (nSPS) is 26.9. The molecule has 1 fully saturated rings. The molecule has 0 heterocycles. The third-order valence-electron chi connectivity index (χ3n) is 3.75. The van der Waals surface area contributed by atoms with E-state index in [9.17, 15) is 13.2 Å². The lowest BCUT2D eigenvalue weighted by molar-refractivity contribution is -0.163. The summed E-state index contributed by atoms with van der Waals surface area (Å²) in [5.74, 6) is -1.88. The molecule has 0 radical (unpaired) electrons. The summed E-state index contributed by atoms with van der Waals surface area (Å²) in [6.45, 7) is -0.227. The smallest absolute Gasteiger partial charge is 0.317 e. The number of nitrogens with zero attached hydrogens (tertiary/aromatic N) is 2. The highest BCUT2D eigenvalue weighted by Gasteiger charge is 2.41. The summed E-state index contributed by atoms with van der Waals surface area (Å²) in [4.78, 5) is 1.69. The predicted octanol–water partition coefficient (Wildman–Crippen LogP) is 2.15. The van der Waals surface area contributed by atoms with Crippen molar-refractivity contribution in [3.05, 3.63) is 0 Å². The summed E-state index contributed by atoms with van der Waals surface area (Å²) in [5, 5.41) is 11.8. The van der Waals surface area contributed by atoms with Crippen molar-refractivity contribution in [1.29, 1.82) is 5.26 Å². The third-order valence-corrected chi connectivity index (χ3v) is 3.75. The van der Waals surface area contributed by atoms with Gasteiger partial charge in [-0.05, 0) is 39.8 Å². The van der Waals surface area contributed by atoms with Crippen LogP contribution in [-0.2, 0) is 0 Å². The Bertz CT molecular complexity index is 290. The lowest BCUT2D eigenvalue weighted by Crippen LogP contribution is -2.43. The molecule has 1 rings (SSSR count). The van der Waals surface area contributed by atoms with Crippen molar-refractivity contribution < 1.29 is 13.2 Å². The molecule has 104 valence electrons. The quantitative estimate of drug-likeness (QED) is 0.844. The van der Waals surface area contributed by atoms with Crippen LogP contribution in [0.5, 0.6) is 0 Å². The molecule has 0 saturated heterocycles. The van der Waals surface area contributed by atoms with Gasteiger partial charge in [-0.15, -0.1) is 0 Å². The Hall–Kier alpha value is -0.800. The van der Waals surface area contributed by atoms with Gasteiger partial charge < -0.3 is 10.2 Å². The van der Waals surface area contributed by atoms with Crippen LogP contribution >= 0.6 is 0 Å². The molecule has 6 heteroatoms. The van der Waals surface area contributed by atoms with Crippen LogP contribution in [0.1, 0.15) is 25.7 Å². The molecule has 18 heavy (non-hydrogen) atoms. The van der Waals surface area contributed by atoms with Crippen LogP contribution in [0.15, 0.2) is 0 Å². The van der Waals surface area contributed by atoms with Crippen molar-refractivity contribution in [3.63, 3.8) is 0 Å². The first-order chi connectivity index (χ1) is 8.38. The van der Waals surface area contributed by atoms with Gasteiger partial charge in [0.25, 0.3) is 0 Å². The molecule has 1 saturated carbocycles. The predicted molar refractivity (Wildman–Crippen MR) is 62.9 cm³/mol. The van der Waals surface area contributed by atoms with Gasteiger partial charge in [-0.1, -0.05) is 0 Å². The summed E-state index contributed by atoms with van der Waals surface area (Å²) in [6, 6.07) is 1.99. The molecule has 0 aromatic rings. The first-order valence-electron chi connectivity index (χ1n) is 6.22. The Morgan fingerprint density at radius 1 is 1.33 bits per heavy atom. The molecule has 0 spiro atoms. The van der Waals surface area contributed by atoms with Crippen molar-refractivity contribution in [2.75, 3.05) is 20.6 Å². The highest BCUT2D eigenvalue weighted by atomic mass is 19.4. The summed E-state index contributed by atoms with van der Waals surface area (Å²) < 4.78 is 37.5. The van der Waals surface area contributed by atoms with Gasteiger partial charge in [-0.25, -0.2) is 0 Å². The van der Waals surface area contributed by atoms with Gasteiger partial charge in [0.05, 0.1) is 6.07 Å². The Morgan fingerprint density at radius 3 is 2.28 bits per heavy atom. The number of hydrogen-bond acceptors (Lipinski definition) is 3. The highest BCUT2D eigenvalue weighted by molar-refractivity contribution is 4.92. The largest absolute Gasteiger partial charge is 0.405 e. The van der Waals surface area contributed by atoms with E-state index >= 15 is 0 Å². The number of hydrogen-bond donors (Lipinski definition) is 1. The summed E-state index contributed by atoms with van der Waals surface area (Å²) >= 11 is 0. The fourth-order valence-electron chi connectivity index (χ4n) is 2.46. The van der Waals surface area contributed by atoms with E-state index in [0.717, 1.165) is 25.7 Å². The number of rotatable bonds is 4. The third kappa shape index (κ3) is 4.14. The molecule has 3 nitrogen and oxygen atoms in total. The van der Waals surface area contributed by atoms with E-state index in [1.165, 1.54) is 6.07 Å². The van der Waals surface area contributed by atoms with Crippen molar-refractivity contribution in [2.45, 2.75) is 43.9 Å². The summed E-state index contributed by atoms with van der Waals surface area (Å²) in [6.07, 6.45) is -0.690. The number of halogens is 3. The molecular formula is C12H20F3N3. The molecule has 1 atom stereocenters. The molecule has 1 N–H and O–H groups in total. The molecule has 0 bridgehead atoms. The lowest BCUT2D eigenvalue weighted by Gasteiger charge is -2.35. The van der Waals surface area contributed by atoms with Crippen LogP contribution in [0.3, 0.4) is 0 Å².